The molecular weight excluding hydrogens is 190 g/mol. The first kappa shape index (κ1) is 12.5. The van der Waals surface area contributed by atoms with Gasteiger partial charge in [0.15, 0.2) is 0 Å². The number of rotatable bonds is 5. The lowest BCUT2D eigenvalue weighted by atomic mass is 9.83. The van der Waals surface area contributed by atoms with Gasteiger partial charge in [-0.3, -0.25) is 4.79 Å². The second-order valence-electron chi connectivity index (χ2n) is 4.66. The van der Waals surface area contributed by atoms with Crippen LogP contribution in [-0.4, -0.2) is 25.7 Å². The van der Waals surface area contributed by atoms with E-state index in [0.29, 0.717) is 5.41 Å². The smallest absolute Gasteiger partial charge is 0.248 e. The summed E-state index contributed by atoms with van der Waals surface area (Å²) in [7, 11) is 1.56. The zero-order valence-corrected chi connectivity index (χ0v) is 10.1. The topological polar surface area (TPSA) is 38.3 Å². The van der Waals surface area contributed by atoms with Crippen LogP contribution in [0.15, 0.2) is 0 Å². The van der Waals surface area contributed by atoms with Gasteiger partial charge in [-0.05, 0) is 31.6 Å². The Morgan fingerprint density at radius 3 is 2.53 bits per heavy atom. The van der Waals surface area contributed by atoms with E-state index in [1.807, 2.05) is 0 Å². The number of carbonyl (C=O) groups is 1. The van der Waals surface area contributed by atoms with Crippen molar-refractivity contribution in [1.82, 2.24) is 5.32 Å². The van der Waals surface area contributed by atoms with Gasteiger partial charge in [-0.2, -0.15) is 0 Å². The molecule has 1 rings (SSSR count). The molecule has 0 aliphatic heterocycles. The average Bonchev–Trinajstić information content (AvgIpc) is 2.74. The van der Waals surface area contributed by atoms with E-state index < -0.39 is 0 Å². The van der Waals surface area contributed by atoms with E-state index in [1.165, 1.54) is 25.7 Å². The zero-order chi connectivity index (χ0) is 11.3. The first-order valence-electron chi connectivity index (χ1n) is 5.94. The van der Waals surface area contributed by atoms with Gasteiger partial charge in [0.1, 0.15) is 6.10 Å². The lowest BCUT2D eigenvalue weighted by molar-refractivity contribution is -0.130. The van der Waals surface area contributed by atoms with Crippen LogP contribution in [-0.2, 0) is 9.53 Å². The fourth-order valence-corrected chi connectivity index (χ4v) is 2.31. The summed E-state index contributed by atoms with van der Waals surface area (Å²) >= 11 is 0. The molecule has 3 heteroatoms. The highest BCUT2D eigenvalue weighted by Gasteiger charge is 2.32. The quantitative estimate of drug-likeness (QED) is 0.759. The Balaban J connectivity index is 2.37. The Morgan fingerprint density at radius 2 is 2.07 bits per heavy atom. The van der Waals surface area contributed by atoms with Crippen molar-refractivity contribution in [3.05, 3.63) is 0 Å². The zero-order valence-electron chi connectivity index (χ0n) is 10.1. The lowest BCUT2D eigenvalue weighted by Gasteiger charge is -2.28. The molecule has 1 N–H and O–H groups in total. The van der Waals surface area contributed by atoms with Crippen molar-refractivity contribution in [2.45, 2.75) is 52.1 Å². The molecule has 1 atom stereocenters. The van der Waals surface area contributed by atoms with E-state index in [1.54, 1.807) is 14.0 Å². The second kappa shape index (κ2) is 5.50. The standard InChI is InChI=1S/C12H23NO2/c1-4-12(7-5-6-8-12)9-13-11(14)10(2)15-3/h10H,4-9H2,1-3H3,(H,13,14). The summed E-state index contributed by atoms with van der Waals surface area (Å²) < 4.78 is 4.98. The molecule has 0 radical (unpaired) electrons. The van der Waals surface area contributed by atoms with Gasteiger partial charge >= 0.3 is 0 Å². The number of amides is 1. The summed E-state index contributed by atoms with van der Waals surface area (Å²) in [4.78, 5) is 11.6. The minimum atomic E-state index is -0.333. The third-order valence-electron chi connectivity index (χ3n) is 3.77. The molecule has 0 bridgehead atoms. The van der Waals surface area contributed by atoms with E-state index in [0.717, 1.165) is 13.0 Å². The summed E-state index contributed by atoms with van der Waals surface area (Å²) in [5.41, 5.74) is 0.364. The maximum atomic E-state index is 11.6. The van der Waals surface area contributed by atoms with Gasteiger partial charge in [0, 0.05) is 13.7 Å². The van der Waals surface area contributed by atoms with Crippen LogP contribution in [0.5, 0.6) is 0 Å². The van der Waals surface area contributed by atoms with Crippen LogP contribution >= 0.6 is 0 Å². The number of carbonyl (C=O) groups excluding carboxylic acids is 1. The van der Waals surface area contributed by atoms with Crippen LogP contribution in [0.2, 0.25) is 0 Å². The fourth-order valence-electron chi connectivity index (χ4n) is 2.31. The van der Waals surface area contributed by atoms with E-state index in [9.17, 15) is 4.79 Å². The first-order valence-corrected chi connectivity index (χ1v) is 5.94. The maximum Gasteiger partial charge on any atom is 0.248 e. The number of hydrogen-bond acceptors (Lipinski definition) is 2. The highest BCUT2D eigenvalue weighted by atomic mass is 16.5. The van der Waals surface area contributed by atoms with Crippen molar-refractivity contribution in [3.8, 4) is 0 Å². The summed E-state index contributed by atoms with van der Waals surface area (Å²) in [5, 5.41) is 3.00. The number of ether oxygens (including phenoxy) is 1. The molecule has 0 heterocycles. The molecule has 0 saturated heterocycles. The van der Waals surface area contributed by atoms with Gasteiger partial charge in [0.05, 0.1) is 0 Å². The van der Waals surface area contributed by atoms with Crippen molar-refractivity contribution >= 4 is 5.91 Å². The Hall–Kier alpha value is -0.570. The molecule has 1 aliphatic carbocycles. The largest absolute Gasteiger partial charge is 0.372 e. The maximum absolute atomic E-state index is 11.6. The van der Waals surface area contributed by atoms with Gasteiger partial charge in [-0.15, -0.1) is 0 Å². The van der Waals surface area contributed by atoms with Crippen LogP contribution in [0.4, 0.5) is 0 Å². The molecular formula is C12H23NO2. The molecule has 1 unspecified atom stereocenters. The molecule has 15 heavy (non-hydrogen) atoms. The molecule has 0 spiro atoms. The molecule has 1 fully saturated rings. The number of nitrogens with one attached hydrogen (secondary N) is 1. The molecule has 0 aromatic carbocycles. The van der Waals surface area contributed by atoms with Gasteiger partial charge in [-0.1, -0.05) is 19.8 Å². The average molecular weight is 213 g/mol. The second-order valence-corrected chi connectivity index (χ2v) is 4.66. The Labute approximate surface area is 92.6 Å². The Morgan fingerprint density at radius 1 is 1.47 bits per heavy atom. The van der Waals surface area contributed by atoms with Crippen molar-refractivity contribution in [3.63, 3.8) is 0 Å². The number of hydrogen-bond donors (Lipinski definition) is 1. The SMILES string of the molecule is CCC1(CNC(=O)C(C)OC)CCCC1. The Kier molecular flexibility index (Phi) is 4.58. The molecule has 1 amide bonds. The lowest BCUT2D eigenvalue weighted by Crippen LogP contribution is -2.40. The highest BCUT2D eigenvalue weighted by Crippen LogP contribution is 2.40. The predicted molar refractivity (Wildman–Crippen MR) is 60.7 cm³/mol. The van der Waals surface area contributed by atoms with Crippen molar-refractivity contribution in [2.24, 2.45) is 5.41 Å². The van der Waals surface area contributed by atoms with E-state index >= 15 is 0 Å². The molecule has 1 saturated carbocycles. The Bertz CT molecular complexity index is 210. The normalized spacial score (nSPS) is 21.3. The van der Waals surface area contributed by atoms with E-state index in [4.69, 9.17) is 4.74 Å². The summed E-state index contributed by atoms with van der Waals surface area (Å²) in [6, 6.07) is 0. The van der Waals surface area contributed by atoms with Gasteiger partial charge < -0.3 is 10.1 Å². The molecule has 88 valence electrons. The van der Waals surface area contributed by atoms with Crippen molar-refractivity contribution < 1.29 is 9.53 Å². The molecule has 3 nitrogen and oxygen atoms in total. The minimum Gasteiger partial charge on any atom is -0.372 e. The van der Waals surface area contributed by atoms with Crippen molar-refractivity contribution in [2.75, 3.05) is 13.7 Å². The first-order chi connectivity index (χ1) is 7.13. The predicted octanol–water partition coefficient (Wildman–Crippen LogP) is 2.11. The fraction of sp³-hybridized carbons (Fsp3) is 0.917. The molecule has 0 aromatic heterocycles. The summed E-state index contributed by atoms with van der Waals surface area (Å²) in [6.45, 7) is 4.82. The van der Waals surface area contributed by atoms with E-state index in [-0.39, 0.29) is 12.0 Å². The third-order valence-corrected chi connectivity index (χ3v) is 3.77. The van der Waals surface area contributed by atoms with Crippen LogP contribution < -0.4 is 5.32 Å². The van der Waals surface area contributed by atoms with Crippen molar-refractivity contribution in [1.29, 1.82) is 0 Å². The van der Waals surface area contributed by atoms with Gasteiger partial charge in [-0.25, -0.2) is 0 Å². The minimum absolute atomic E-state index is 0.0113. The van der Waals surface area contributed by atoms with Crippen LogP contribution in [0.1, 0.15) is 46.0 Å². The van der Waals surface area contributed by atoms with Crippen LogP contribution in [0, 0.1) is 5.41 Å². The summed E-state index contributed by atoms with van der Waals surface area (Å²) in [5.74, 6) is 0.0113. The van der Waals surface area contributed by atoms with Crippen LogP contribution in [0.3, 0.4) is 0 Å². The van der Waals surface area contributed by atoms with E-state index in [2.05, 4.69) is 12.2 Å². The van der Waals surface area contributed by atoms with Gasteiger partial charge in [0.2, 0.25) is 5.91 Å². The van der Waals surface area contributed by atoms with Gasteiger partial charge in [0.25, 0.3) is 0 Å². The third kappa shape index (κ3) is 3.20. The molecule has 1 aliphatic rings. The monoisotopic (exact) mass is 213 g/mol. The summed E-state index contributed by atoms with van der Waals surface area (Å²) in [6.07, 6.45) is 5.96. The van der Waals surface area contributed by atoms with Crippen LogP contribution in [0.25, 0.3) is 0 Å². The molecule has 0 aromatic rings. The number of methoxy groups -OCH3 is 1. The highest BCUT2D eigenvalue weighted by molar-refractivity contribution is 5.80.